The van der Waals surface area contributed by atoms with Crippen LogP contribution >= 0.6 is 22.7 Å². The molecule has 0 aliphatic carbocycles. The van der Waals surface area contributed by atoms with Crippen molar-refractivity contribution in [3.8, 4) is 10.4 Å². The largest absolute Gasteiger partial charge is 0.346 e. The highest BCUT2D eigenvalue weighted by Crippen LogP contribution is 2.33. The third-order valence-corrected chi connectivity index (χ3v) is 6.54. The van der Waals surface area contributed by atoms with Crippen LogP contribution in [0.4, 0.5) is 0 Å². The van der Waals surface area contributed by atoms with Crippen LogP contribution in [0.1, 0.15) is 11.6 Å². The summed E-state index contributed by atoms with van der Waals surface area (Å²) in [5, 5.41) is 7.57. The molecule has 0 saturated carbocycles. The molecular formula is C22H22N4O2S2. The quantitative estimate of drug-likeness (QED) is 0.479. The number of hydrogen-bond acceptors (Lipinski definition) is 6. The van der Waals surface area contributed by atoms with Crippen LogP contribution in [0.15, 0.2) is 64.3 Å². The minimum absolute atomic E-state index is 0.0712. The predicted octanol–water partition coefficient (Wildman–Crippen LogP) is 3.61. The number of fused-ring (bicyclic) bond motifs is 1. The maximum absolute atomic E-state index is 13.1. The highest BCUT2D eigenvalue weighted by Gasteiger charge is 2.18. The molecule has 1 N–H and O–H groups in total. The molecule has 154 valence electrons. The van der Waals surface area contributed by atoms with Gasteiger partial charge in [0.25, 0.3) is 5.56 Å². The molecule has 0 radical (unpaired) electrons. The standard InChI is InChI=1S/C22H22N4O2S2/c1-25(2)11-17(15-7-4-3-5-8-15)24-19(27)12-26-14-23-21-20(22(26)28)16(13-30-21)18-9-6-10-29-18/h3-10,13-14,17H,11-12H2,1-2H3,(H,24,27). The van der Waals surface area contributed by atoms with Crippen molar-refractivity contribution in [1.29, 1.82) is 0 Å². The molecule has 3 heterocycles. The van der Waals surface area contributed by atoms with E-state index in [1.165, 1.54) is 22.2 Å². The Hall–Kier alpha value is -2.81. The monoisotopic (exact) mass is 438 g/mol. The summed E-state index contributed by atoms with van der Waals surface area (Å²) in [7, 11) is 3.93. The van der Waals surface area contributed by atoms with Gasteiger partial charge in [0, 0.05) is 22.4 Å². The van der Waals surface area contributed by atoms with Gasteiger partial charge in [0.05, 0.1) is 17.8 Å². The molecule has 0 aliphatic heterocycles. The van der Waals surface area contributed by atoms with Gasteiger partial charge in [0.1, 0.15) is 11.4 Å². The number of hydrogen-bond donors (Lipinski definition) is 1. The Morgan fingerprint density at radius 1 is 1.17 bits per heavy atom. The smallest absolute Gasteiger partial charge is 0.263 e. The fourth-order valence-corrected chi connectivity index (χ4v) is 5.09. The van der Waals surface area contributed by atoms with Crippen molar-refractivity contribution in [3.63, 3.8) is 0 Å². The number of nitrogens with zero attached hydrogens (tertiary/aromatic N) is 3. The van der Waals surface area contributed by atoms with E-state index in [-0.39, 0.29) is 24.1 Å². The molecule has 0 bridgehead atoms. The third kappa shape index (κ3) is 4.35. The van der Waals surface area contributed by atoms with Crippen LogP contribution in [0.2, 0.25) is 0 Å². The fourth-order valence-electron chi connectivity index (χ4n) is 3.37. The van der Waals surface area contributed by atoms with Crippen molar-refractivity contribution < 1.29 is 4.79 Å². The van der Waals surface area contributed by atoms with E-state index in [2.05, 4.69) is 10.3 Å². The SMILES string of the molecule is CN(C)CC(NC(=O)Cn1cnc2scc(-c3cccs3)c2c1=O)c1ccccc1. The zero-order valence-corrected chi connectivity index (χ0v) is 18.4. The van der Waals surface area contributed by atoms with Gasteiger partial charge in [-0.3, -0.25) is 14.2 Å². The average Bonchev–Trinajstić information content (AvgIpc) is 3.40. The first kappa shape index (κ1) is 20.5. The summed E-state index contributed by atoms with van der Waals surface area (Å²) in [5.74, 6) is -0.221. The van der Waals surface area contributed by atoms with Crippen LogP contribution in [0.25, 0.3) is 20.7 Å². The molecule has 6 nitrogen and oxygen atoms in total. The van der Waals surface area contributed by atoms with Gasteiger partial charge in [-0.05, 0) is 31.1 Å². The zero-order valence-electron chi connectivity index (χ0n) is 16.7. The summed E-state index contributed by atoms with van der Waals surface area (Å²) in [4.78, 5) is 34.1. The molecule has 0 fully saturated rings. The van der Waals surface area contributed by atoms with Gasteiger partial charge in [-0.25, -0.2) is 4.98 Å². The summed E-state index contributed by atoms with van der Waals surface area (Å²) < 4.78 is 1.39. The summed E-state index contributed by atoms with van der Waals surface area (Å²) in [6.45, 7) is 0.591. The van der Waals surface area contributed by atoms with Crippen molar-refractivity contribution in [2.24, 2.45) is 0 Å². The summed E-state index contributed by atoms with van der Waals surface area (Å²) in [6, 6.07) is 13.6. The molecule has 1 aromatic carbocycles. The molecule has 30 heavy (non-hydrogen) atoms. The number of carbonyl (C=O) groups is 1. The Morgan fingerprint density at radius 2 is 1.97 bits per heavy atom. The molecule has 8 heteroatoms. The van der Waals surface area contributed by atoms with E-state index in [0.29, 0.717) is 16.8 Å². The minimum Gasteiger partial charge on any atom is -0.346 e. The van der Waals surface area contributed by atoms with Crippen molar-refractivity contribution in [2.75, 3.05) is 20.6 Å². The van der Waals surface area contributed by atoms with E-state index < -0.39 is 0 Å². The number of rotatable bonds is 7. The predicted molar refractivity (Wildman–Crippen MR) is 123 cm³/mol. The van der Waals surface area contributed by atoms with E-state index in [0.717, 1.165) is 16.0 Å². The molecule has 0 saturated heterocycles. The van der Waals surface area contributed by atoms with E-state index in [9.17, 15) is 9.59 Å². The lowest BCUT2D eigenvalue weighted by Gasteiger charge is -2.23. The lowest BCUT2D eigenvalue weighted by molar-refractivity contribution is -0.122. The Balaban J connectivity index is 1.59. The maximum atomic E-state index is 13.1. The Labute approximate surface area is 182 Å². The van der Waals surface area contributed by atoms with Crippen LogP contribution in [-0.2, 0) is 11.3 Å². The first-order valence-corrected chi connectivity index (χ1v) is 11.3. The van der Waals surface area contributed by atoms with Gasteiger partial charge in [-0.2, -0.15) is 0 Å². The second kappa shape index (κ2) is 8.91. The normalized spacial score (nSPS) is 12.4. The minimum atomic E-state index is -0.221. The second-order valence-electron chi connectivity index (χ2n) is 7.28. The summed E-state index contributed by atoms with van der Waals surface area (Å²) >= 11 is 3.03. The van der Waals surface area contributed by atoms with Crippen molar-refractivity contribution in [3.05, 3.63) is 75.5 Å². The molecule has 1 atom stereocenters. The van der Waals surface area contributed by atoms with Crippen LogP contribution in [0.5, 0.6) is 0 Å². The van der Waals surface area contributed by atoms with Gasteiger partial charge < -0.3 is 10.2 Å². The van der Waals surface area contributed by atoms with Crippen LogP contribution in [-0.4, -0.2) is 41.0 Å². The van der Waals surface area contributed by atoms with Gasteiger partial charge in [-0.1, -0.05) is 36.4 Å². The molecule has 4 aromatic rings. The van der Waals surface area contributed by atoms with Crippen molar-refractivity contribution >= 4 is 38.8 Å². The third-order valence-electron chi connectivity index (χ3n) is 4.75. The number of amides is 1. The zero-order chi connectivity index (χ0) is 21.1. The number of carbonyl (C=O) groups excluding carboxylic acids is 1. The van der Waals surface area contributed by atoms with Gasteiger partial charge in [-0.15, -0.1) is 22.7 Å². The fraction of sp³-hybridized carbons (Fsp3) is 0.227. The highest BCUT2D eigenvalue weighted by atomic mass is 32.1. The number of nitrogens with one attached hydrogen (secondary N) is 1. The van der Waals surface area contributed by atoms with Crippen LogP contribution < -0.4 is 10.9 Å². The van der Waals surface area contributed by atoms with Gasteiger partial charge >= 0.3 is 0 Å². The second-order valence-corrected chi connectivity index (χ2v) is 9.08. The van der Waals surface area contributed by atoms with E-state index >= 15 is 0 Å². The first-order valence-electron chi connectivity index (χ1n) is 9.52. The molecule has 1 unspecified atom stereocenters. The van der Waals surface area contributed by atoms with Crippen LogP contribution in [0.3, 0.4) is 0 Å². The number of aromatic nitrogens is 2. The van der Waals surface area contributed by atoms with Gasteiger partial charge in [0.2, 0.25) is 5.91 Å². The number of likely N-dealkylation sites (N-methyl/N-ethyl adjacent to an activating group) is 1. The molecule has 1 amide bonds. The van der Waals surface area contributed by atoms with Crippen molar-refractivity contribution in [1.82, 2.24) is 19.8 Å². The molecule has 0 spiro atoms. The Morgan fingerprint density at radius 3 is 2.67 bits per heavy atom. The average molecular weight is 439 g/mol. The van der Waals surface area contributed by atoms with E-state index in [1.54, 1.807) is 11.3 Å². The molecular weight excluding hydrogens is 416 g/mol. The van der Waals surface area contributed by atoms with E-state index in [1.807, 2.05) is 72.2 Å². The first-order chi connectivity index (χ1) is 14.5. The maximum Gasteiger partial charge on any atom is 0.263 e. The van der Waals surface area contributed by atoms with Gasteiger partial charge in [0.15, 0.2) is 0 Å². The molecule has 4 rings (SSSR count). The topological polar surface area (TPSA) is 67.2 Å². The lowest BCUT2D eigenvalue weighted by Crippen LogP contribution is -2.38. The summed E-state index contributed by atoms with van der Waals surface area (Å²) in [5.41, 5.74) is 1.72. The molecule has 0 aliphatic rings. The number of benzene rings is 1. The Kier molecular flexibility index (Phi) is 6.08. The highest BCUT2D eigenvalue weighted by molar-refractivity contribution is 7.18. The van der Waals surface area contributed by atoms with Crippen LogP contribution in [0, 0.1) is 0 Å². The van der Waals surface area contributed by atoms with E-state index in [4.69, 9.17) is 0 Å². The van der Waals surface area contributed by atoms with Crippen molar-refractivity contribution in [2.45, 2.75) is 12.6 Å². The summed E-state index contributed by atoms with van der Waals surface area (Å²) in [6.07, 6.45) is 1.46. The Bertz CT molecular complexity index is 1200. The lowest BCUT2D eigenvalue weighted by atomic mass is 10.1. The molecule has 3 aromatic heterocycles. The number of thiophene rings is 2.